The minimum atomic E-state index is -3.80. The van der Waals surface area contributed by atoms with Crippen LogP contribution in [0.2, 0.25) is 0 Å². The van der Waals surface area contributed by atoms with Gasteiger partial charge in [-0.05, 0) is 49.2 Å². The second kappa shape index (κ2) is 5.67. The van der Waals surface area contributed by atoms with E-state index in [9.17, 15) is 8.42 Å². The molecule has 112 valence electrons. The van der Waals surface area contributed by atoms with Gasteiger partial charge in [0, 0.05) is 10.5 Å². The third-order valence-electron chi connectivity index (χ3n) is 2.95. The highest BCUT2D eigenvalue weighted by atomic mass is 79.9. The standard InChI is InChI=1S/C14H15BrN2O3S/c1-8-5-10(6-9(2)14(8)15)20-13-7-11(21(17,18)19)3-4-12(13)16/h3-7H,16H2,1-2H3,(H2,17,18,19). The minimum Gasteiger partial charge on any atom is -0.455 e. The zero-order chi connectivity index (χ0) is 15.8. The fourth-order valence-electron chi connectivity index (χ4n) is 1.87. The summed E-state index contributed by atoms with van der Waals surface area (Å²) in [4.78, 5) is -0.0442. The second-order valence-electron chi connectivity index (χ2n) is 4.72. The van der Waals surface area contributed by atoms with Gasteiger partial charge in [0.05, 0.1) is 10.6 Å². The predicted octanol–water partition coefficient (Wildman–Crippen LogP) is 3.09. The fourth-order valence-corrected chi connectivity index (χ4v) is 2.63. The van der Waals surface area contributed by atoms with E-state index in [1.807, 2.05) is 26.0 Å². The summed E-state index contributed by atoms with van der Waals surface area (Å²) in [5, 5.41) is 5.11. The molecule has 0 saturated carbocycles. The van der Waals surface area contributed by atoms with Crippen molar-refractivity contribution in [3.8, 4) is 11.5 Å². The zero-order valence-electron chi connectivity index (χ0n) is 11.6. The van der Waals surface area contributed by atoms with Crippen LogP contribution in [0.15, 0.2) is 39.7 Å². The Kier molecular flexibility index (Phi) is 4.27. The number of hydrogen-bond acceptors (Lipinski definition) is 4. The molecule has 0 aliphatic carbocycles. The van der Waals surface area contributed by atoms with Gasteiger partial charge in [-0.15, -0.1) is 0 Å². The summed E-state index contributed by atoms with van der Waals surface area (Å²) < 4.78 is 29.5. The number of rotatable bonds is 3. The molecule has 0 fully saturated rings. The van der Waals surface area contributed by atoms with Crippen LogP contribution in [0.25, 0.3) is 0 Å². The molecule has 0 unspecified atom stereocenters. The van der Waals surface area contributed by atoms with Crippen molar-refractivity contribution >= 4 is 31.6 Å². The number of nitrogens with two attached hydrogens (primary N) is 2. The van der Waals surface area contributed by atoms with Crippen LogP contribution >= 0.6 is 15.9 Å². The highest BCUT2D eigenvalue weighted by Crippen LogP contribution is 2.33. The molecule has 0 aliphatic heterocycles. The van der Waals surface area contributed by atoms with Crippen molar-refractivity contribution in [1.29, 1.82) is 0 Å². The van der Waals surface area contributed by atoms with Gasteiger partial charge in [0.25, 0.3) is 0 Å². The molecule has 0 bridgehead atoms. The number of ether oxygens (including phenoxy) is 1. The smallest absolute Gasteiger partial charge is 0.238 e. The number of sulfonamides is 1. The second-order valence-corrected chi connectivity index (χ2v) is 7.07. The molecule has 5 nitrogen and oxygen atoms in total. The molecule has 0 heterocycles. The van der Waals surface area contributed by atoms with Gasteiger partial charge in [0.2, 0.25) is 10.0 Å². The van der Waals surface area contributed by atoms with Crippen LogP contribution in [0.4, 0.5) is 5.69 Å². The Morgan fingerprint density at radius 2 is 1.67 bits per heavy atom. The lowest BCUT2D eigenvalue weighted by Gasteiger charge is -2.12. The third kappa shape index (κ3) is 3.55. The van der Waals surface area contributed by atoms with E-state index in [4.69, 9.17) is 15.6 Å². The van der Waals surface area contributed by atoms with Crippen molar-refractivity contribution in [3.05, 3.63) is 45.9 Å². The zero-order valence-corrected chi connectivity index (χ0v) is 14.0. The van der Waals surface area contributed by atoms with E-state index < -0.39 is 10.0 Å². The van der Waals surface area contributed by atoms with Gasteiger partial charge < -0.3 is 10.5 Å². The maximum Gasteiger partial charge on any atom is 0.238 e. The number of halogens is 1. The van der Waals surface area contributed by atoms with Gasteiger partial charge in [-0.2, -0.15) is 0 Å². The Bertz CT molecular complexity index is 781. The molecule has 2 aromatic rings. The first-order valence-corrected chi connectivity index (χ1v) is 8.39. The van der Waals surface area contributed by atoms with Crippen LogP contribution < -0.4 is 15.6 Å². The molecule has 0 atom stereocenters. The van der Waals surface area contributed by atoms with E-state index in [0.29, 0.717) is 11.4 Å². The van der Waals surface area contributed by atoms with Crippen molar-refractivity contribution in [1.82, 2.24) is 0 Å². The average Bonchev–Trinajstić information content (AvgIpc) is 2.37. The van der Waals surface area contributed by atoms with E-state index in [1.165, 1.54) is 18.2 Å². The number of primary sulfonamides is 1. The first-order valence-electron chi connectivity index (χ1n) is 6.05. The Morgan fingerprint density at radius 3 is 2.19 bits per heavy atom. The van der Waals surface area contributed by atoms with Gasteiger partial charge in [0.15, 0.2) is 5.75 Å². The molecule has 0 spiro atoms. The van der Waals surface area contributed by atoms with Crippen molar-refractivity contribution in [2.75, 3.05) is 5.73 Å². The largest absolute Gasteiger partial charge is 0.455 e. The monoisotopic (exact) mass is 370 g/mol. The predicted molar refractivity (Wildman–Crippen MR) is 85.9 cm³/mol. The van der Waals surface area contributed by atoms with Gasteiger partial charge in [-0.1, -0.05) is 15.9 Å². The first-order chi connectivity index (χ1) is 9.68. The van der Waals surface area contributed by atoms with Gasteiger partial charge in [0.1, 0.15) is 5.75 Å². The minimum absolute atomic E-state index is 0.0442. The summed E-state index contributed by atoms with van der Waals surface area (Å²) in [5.74, 6) is 0.828. The topological polar surface area (TPSA) is 95.4 Å². The Balaban J connectivity index is 2.44. The fraction of sp³-hybridized carbons (Fsp3) is 0.143. The highest BCUT2D eigenvalue weighted by Gasteiger charge is 2.12. The van der Waals surface area contributed by atoms with Crippen LogP contribution in [0.1, 0.15) is 11.1 Å². The lowest BCUT2D eigenvalue weighted by atomic mass is 10.1. The van der Waals surface area contributed by atoms with Crippen LogP contribution in [0.5, 0.6) is 11.5 Å². The molecule has 0 amide bonds. The number of anilines is 1. The van der Waals surface area contributed by atoms with Crippen LogP contribution in [-0.4, -0.2) is 8.42 Å². The summed E-state index contributed by atoms with van der Waals surface area (Å²) in [5.41, 5.74) is 8.16. The van der Waals surface area contributed by atoms with E-state index in [1.54, 1.807) is 0 Å². The molecule has 4 N–H and O–H groups in total. The Labute approximate surface area is 132 Å². The van der Waals surface area contributed by atoms with E-state index in [0.717, 1.165) is 15.6 Å². The average molecular weight is 371 g/mol. The van der Waals surface area contributed by atoms with Crippen molar-refractivity contribution in [2.24, 2.45) is 5.14 Å². The van der Waals surface area contributed by atoms with E-state index in [2.05, 4.69) is 15.9 Å². The van der Waals surface area contributed by atoms with Crippen LogP contribution in [0, 0.1) is 13.8 Å². The molecule has 0 aliphatic rings. The molecule has 0 radical (unpaired) electrons. The van der Waals surface area contributed by atoms with Crippen molar-refractivity contribution in [3.63, 3.8) is 0 Å². The Hall–Kier alpha value is -1.57. The highest BCUT2D eigenvalue weighted by molar-refractivity contribution is 9.10. The maximum atomic E-state index is 11.4. The molecule has 21 heavy (non-hydrogen) atoms. The normalized spacial score (nSPS) is 11.4. The quantitative estimate of drug-likeness (QED) is 0.811. The summed E-state index contributed by atoms with van der Waals surface area (Å²) >= 11 is 3.47. The molecular formula is C14H15BrN2O3S. The first kappa shape index (κ1) is 15.8. The van der Waals surface area contributed by atoms with Gasteiger partial charge in [-0.25, -0.2) is 13.6 Å². The van der Waals surface area contributed by atoms with Crippen molar-refractivity contribution < 1.29 is 13.2 Å². The van der Waals surface area contributed by atoms with Gasteiger partial charge in [-0.3, -0.25) is 0 Å². The van der Waals surface area contributed by atoms with E-state index in [-0.39, 0.29) is 10.6 Å². The summed E-state index contributed by atoms with van der Waals surface area (Å²) in [6.45, 7) is 3.88. The lowest BCUT2D eigenvalue weighted by molar-refractivity contribution is 0.482. The van der Waals surface area contributed by atoms with Crippen LogP contribution in [-0.2, 0) is 10.0 Å². The third-order valence-corrected chi connectivity index (χ3v) is 5.11. The van der Waals surface area contributed by atoms with E-state index >= 15 is 0 Å². The van der Waals surface area contributed by atoms with Crippen molar-refractivity contribution in [2.45, 2.75) is 18.7 Å². The molecular weight excluding hydrogens is 356 g/mol. The number of nitrogen functional groups attached to an aromatic ring is 1. The molecule has 7 heteroatoms. The number of benzene rings is 2. The Morgan fingerprint density at radius 1 is 1.10 bits per heavy atom. The van der Waals surface area contributed by atoms with Gasteiger partial charge >= 0.3 is 0 Å². The number of hydrogen-bond donors (Lipinski definition) is 2. The maximum absolute atomic E-state index is 11.4. The summed E-state index contributed by atoms with van der Waals surface area (Å²) in [7, 11) is -3.80. The molecule has 2 aromatic carbocycles. The molecule has 2 rings (SSSR count). The SMILES string of the molecule is Cc1cc(Oc2cc(S(N)(=O)=O)ccc2N)cc(C)c1Br. The summed E-state index contributed by atoms with van der Waals surface area (Å²) in [6, 6.07) is 7.78. The molecule has 0 saturated heterocycles. The van der Waals surface area contributed by atoms with Crippen LogP contribution in [0.3, 0.4) is 0 Å². The lowest BCUT2D eigenvalue weighted by Crippen LogP contribution is -2.12. The summed E-state index contributed by atoms with van der Waals surface area (Å²) in [6.07, 6.45) is 0. The number of aryl methyl sites for hydroxylation is 2. The molecule has 0 aromatic heterocycles.